The Kier molecular flexibility index (Phi) is 4.41. The molecule has 1 saturated heterocycles. The maximum atomic E-state index is 12.3. The Morgan fingerprint density at radius 2 is 2.09 bits per heavy atom. The lowest BCUT2D eigenvalue weighted by Gasteiger charge is -2.15. The molecule has 23 heavy (non-hydrogen) atoms. The van der Waals surface area contributed by atoms with E-state index in [1.807, 2.05) is 11.0 Å². The van der Waals surface area contributed by atoms with Crippen molar-refractivity contribution < 1.29 is 9.59 Å². The van der Waals surface area contributed by atoms with E-state index in [0.29, 0.717) is 36.8 Å². The first-order valence-corrected chi connectivity index (χ1v) is 7.83. The molecule has 3 rings (SSSR count). The number of carbonyl (C=O) groups excluding carboxylic acids is 2. The van der Waals surface area contributed by atoms with Gasteiger partial charge in [-0.1, -0.05) is 12.1 Å². The molecule has 0 bridgehead atoms. The molecule has 6 nitrogen and oxygen atoms in total. The highest BCUT2D eigenvalue weighted by Gasteiger charge is 2.19. The molecule has 0 aliphatic carbocycles. The van der Waals surface area contributed by atoms with Gasteiger partial charge in [0.25, 0.3) is 5.91 Å². The number of para-hydroxylation sites is 1. The number of hydrogen-bond donors (Lipinski definition) is 2. The number of rotatable bonds is 5. The van der Waals surface area contributed by atoms with Crippen molar-refractivity contribution in [3.05, 3.63) is 46.2 Å². The summed E-state index contributed by atoms with van der Waals surface area (Å²) < 4.78 is 0. The number of nitrogens with zero attached hydrogens (tertiary/aromatic N) is 1. The van der Waals surface area contributed by atoms with Crippen molar-refractivity contribution in [2.45, 2.75) is 19.3 Å². The summed E-state index contributed by atoms with van der Waals surface area (Å²) in [5.41, 5.74) is 0.550. The van der Waals surface area contributed by atoms with Crippen LogP contribution in [0.5, 0.6) is 0 Å². The molecule has 1 aromatic heterocycles. The molecule has 0 spiro atoms. The van der Waals surface area contributed by atoms with Crippen molar-refractivity contribution in [2.24, 2.45) is 0 Å². The Morgan fingerprint density at radius 3 is 2.87 bits per heavy atom. The van der Waals surface area contributed by atoms with E-state index >= 15 is 0 Å². The Hall–Kier alpha value is -2.63. The minimum absolute atomic E-state index is 0.112. The quantitative estimate of drug-likeness (QED) is 0.816. The highest BCUT2D eigenvalue weighted by Crippen LogP contribution is 2.09. The van der Waals surface area contributed by atoms with Crippen molar-refractivity contribution in [3.8, 4) is 0 Å². The molecule has 1 aromatic carbocycles. The molecule has 2 amide bonds. The first-order valence-electron chi connectivity index (χ1n) is 7.83. The van der Waals surface area contributed by atoms with Crippen LogP contribution in [0, 0.1) is 0 Å². The van der Waals surface area contributed by atoms with Crippen molar-refractivity contribution >= 4 is 22.7 Å². The van der Waals surface area contributed by atoms with Crippen LogP contribution in [0.15, 0.2) is 35.3 Å². The van der Waals surface area contributed by atoms with Gasteiger partial charge in [0.2, 0.25) is 11.3 Å². The summed E-state index contributed by atoms with van der Waals surface area (Å²) in [5.74, 6) is -0.202. The predicted octanol–water partition coefficient (Wildman–Crippen LogP) is 1.27. The Labute approximate surface area is 133 Å². The number of hydrogen-bond acceptors (Lipinski definition) is 3. The SMILES string of the molecule is O=C(NCCCN1CCCC1=O)c1c[nH]c2ccccc2c1=O. The van der Waals surface area contributed by atoms with Crippen LogP contribution in [0.1, 0.15) is 29.6 Å². The average molecular weight is 313 g/mol. The second-order valence-electron chi connectivity index (χ2n) is 5.67. The van der Waals surface area contributed by atoms with Gasteiger partial charge in [0.1, 0.15) is 5.56 Å². The number of likely N-dealkylation sites (tertiary alicyclic amines) is 1. The topological polar surface area (TPSA) is 82.3 Å². The standard InChI is InChI=1S/C17H19N3O3/c21-15-7-3-9-20(15)10-4-8-18-17(23)13-11-19-14-6-2-1-5-12(14)16(13)22/h1-2,5-6,11H,3-4,7-10H2,(H,18,23)(H,19,22). The minimum Gasteiger partial charge on any atom is -0.360 e. The zero-order valence-corrected chi connectivity index (χ0v) is 12.8. The van der Waals surface area contributed by atoms with Crippen molar-refractivity contribution in [1.29, 1.82) is 0 Å². The van der Waals surface area contributed by atoms with E-state index in [1.54, 1.807) is 18.2 Å². The third-order valence-electron chi connectivity index (χ3n) is 4.09. The molecule has 0 saturated carbocycles. The first kappa shape index (κ1) is 15.3. The van der Waals surface area contributed by atoms with Gasteiger partial charge in [-0.25, -0.2) is 0 Å². The van der Waals surface area contributed by atoms with Crippen molar-refractivity contribution in [3.63, 3.8) is 0 Å². The molecular formula is C17H19N3O3. The monoisotopic (exact) mass is 313 g/mol. The van der Waals surface area contributed by atoms with E-state index < -0.39 is 0 Å². The summed E-state index contributed by atoms with van der Waals surface area (Å²) in [6.45, 7) is 1.89. The fourth-order valence-electron chi connectivity index (χ4n) is 2.84. The van der Waals surface area contributed by atoms with Gasteiger partial charge in [-0.05, 0) is 25.0 Å². The zero-order valence-electron chi connectivity index (χ0n) is 12.8. The van der Waals surface area contributed by atoms with Crippen LogP contribution in [0.3, 0.4) is 0 Å². The highest BCUT2D eigenvalue weighted by molar-refractivity contribution is 5.97. The van der Waals surface area contributed by atoms with Gasteiger partial charge in [0.15, 0.2) is 0 Å². The number of aromatic nitrogens is 1. The molecule has 1 aliphatic heterocycles. The lowest BCUT2D eigenvalue weighted by atomic mass is 10.1. The molecule has 2 heterocycles. The fraction of sp³-hybridized carbons (Fsp3) is 0.353. The van der Waals surface area contributed by atoms with Crippen LogP contribution in [0.2, 0.25) is 0 Å². The lowest BCUT2D eigenvalue weighted by molar-refractivity contribution is -0.127. The Bertz CT molecular complexity index is 797. The number of pyridine rings is 1. The zero-order chi connectivity index (χ0) is 16.2. The molecule has 120 valence electrons. The van der Waals surface area contributed by atoms with Crippen molar-refractivity contribution in [1.82, 2.24) is 15.2 Å². The van der Waals surface area contributed by atoms with E-state index in [2.05, 4.69) is 10.3 Å². The van der Waals surface area contributed by atoms with Crippen LogP contribution in [0.25, 0.3) is 10.9 Å². The molecule has 6 heteroatoms. The predicted molar refractivity (Wildman–Crippen MR) is 87.3 cm³/mol. The van der Waals surface area contributed by atoms with Crippen LogP contribution in [0.4, 0.5) is 0 Å². The number of benzene rings is 1. The van der Waals surface area contributed by atoms with E-state index in [1.165, 1.54) is 6.20 Å². The summed E-state index contributed by atoms with van der Waals surface area (Å²) in [6, 6.07) is 7.10. The summed E-state index contributed by atoms with van der Waals surface area (Å²) in [4.78, 5) is 40.7. The molecule has 0 unspecified atom stereocenters. The van der Waals surface area contributed by atoms with Crippen molar-refractivity contribution in [2.75, 3.05) is 19.6 Å². The molecule has 2 N–H and O–H groups in total. The van der Waals surface area contributed by atoms with E-state index in [9.17, 15) is 14.4 Å². The van der Waals surface area contributed by atoms with Gasteiger partial charge >= 0.3 is 0 Å². The van der Waals surface area contributed by atoms with Crippen LogP contribution < -0.4 is 10.7 Å². The van der Waals surface area contributed by atoms with Crippen LogP contribution >= 0.6 is 0 Å². The number of nitrogens with one attached hydrogen (secondary N) is 2. The Morgan fingerprint density at radius 1 is 1.26 bits per heavy atom. The summed E-state index contributed by atoms with van der Waals surface area (Å²) >= 11 is 0. The maximum Gasteiger partial charge on any atom is 0.256 e. The van der Waals surface area contributed by atoms with E-state index in [4.69, 9.17) is 0 Å². The average Bonchev–Trinajstić information content (AvgIpc) is 2.97. The van der Waals surface area contributed by atoms with Crippen LogP contribution in [-0.2, 0) is 4.79 Å². The van der Waals surface area contributed by atoms with Crippen LogP contribution in [-0.4, -0.2) is 41.3 Å². The maximum absolute atomic E-state index is 12.3. The van der Waals surface area contributed by atoms with Gasteiger partial charge in [-0.15, -0.1) is 0 Å². The second kappa shape index (κ2) is 6.64. The van der Waals surface area contributed by atoms with E-state index in [-0.39, 0.29) is 22.8 Å². The summed E-state index contributed by atoms with van der Waals surface area (Å²) in [5, 5.41) is 3.25. The third-order valence-corrected chi connectivity index (χ3v) is 4.09. The molecule has 1 aliphatic rings. The van der Waals surface area contributed by atoms with Gasteiger partial charge in [0, 0.05) is 43.2 Å². The molecule has 2 aromatic rings. The molecule has 1 fully saturated rings. The normalized spacial score (nSPS) is 14.4. The summed E-state index contributed by atoms with van der Waals surface area (Å²) in [7, 11) is 0. The minimum atomic E-state index is -0.384. The summed E-state index contributed by atoms with van der Waals surface area (Å²) in [6.07, 6.45) is 3.67. The van der Waals surface area contributed by atoms with Gasteiger partial charge in [-0.2, -0.15) is 0 Å². The lowest BCUT2D eigenvalue weighted by Crippen LogP contribution is -2.32. The van der Waals surface area contributed by atoms with Gasteiger partial charge < -0.3 is 15.2 Å². The molecule has 0 atom stereocenters. The number of carbonyl (C=O) groups is 2. The van der Waals surface area contributed by atoms with Gasteiger partial charge in [0.05, 0.1) is 0 Å². The Balaban J connectivity index is 1.59. The van der Waals surface area contributed by atoms with Gasteiger partial charge in [-0.3, -0.25) is 14.4 Å². The second-order valence-corrected chi connectivity index (χ2v) is 5.67. The first-order chi connectivity index (χ1) is 11.2. The smallest absolute Gasteiger partial charge is 0.256 e. The number of H-pyrrole nitrogens is 1. The molecule has 0 radical (unpaired) electrons. The van der Waals surface area contributed by atoms with E-state index in [0.717, 1.165) is 13.0 Å². The largest absolute Gasteiger partial charge is 0.360 e. The highest BCUT2D eigenvalue weighted by atomic mass is 16.2. The third kappa shape index (κ3) is 3.26. The fourth-order valence-corrected chi connectivity index (χ4v) is 2.84. The molecular weight excluding hydrogens is 294 g/mol. The number of fused-ring (bicyclic) bond motifs is 1. The number of aromatic amines is 1. The number of amides is 2.